The Kier molecular flexibility index (Phi) is 5.22. The van der Waals surface area contributed by atoms with E-state index in [4.69, 9.17) is 9.84 Å². The number of hydrogen-bond donors (Lipinski definition) is 1. The van der Waals surface area contributed by atoms with Crippen LogP contribution in [0.25, 0.3) is 6.08 Å². The van der Waals surface area contributed by atoms with Gasteiger partial charge < -0.3 is 9.84 Å². The Morgan fingerprint density at radius 1 is 1.53 bits per heavy atom. The third-order valence-corrected chi connectivity index (χ3v) is 2.44. The molecule has 1 aromatic carbocycles. The smallest absolute Gasteiger partial charge is 0.328 e. The highest BCUT2D eigenvalue weighted by Gasteiger charge is 2.04. The summed E-state index contributed by atoms with van der Waals surface area (Å²) in [5.74, 6) is 0.147. The molecule has 1 N–H and O–H groups in total. The van der Waals surface area contributed by atoms with E-state index in [2.05, 4.69) is 29.8 Å². The fourth-order valence-corrected chi connectivity index (χ4v) is 1.58. The number of hydrogen-bond acceptors (Lipinski definition) is 2. The number of aliphatic carboxylic acids is 1. The van der Waals surface area contributed by atoms with Crippen molar-refractivity contribution in [1.29, 1.82) is 0 Å². The maximum atomic E-state index is 10.5. The van der Waals surface area contributed by atoms with Gasteiger partial charge in [-0.25, -0.2) is 4.79 Å². The van der Waals surface area contributed by atoms with E-state index in [0.29, 0.717) is 18.3 Å². The molecule has 0 aromatic heterocycles. The minimum absolute atomic E-state index is 0.426. The largest absolute Gasteiger partial charge is 0.493 e. The van der Waals surface area contributed by atoms with Crippen LogP contribution in [0.2, 0.25) is 0 Å². The molecule has 0 saturated carbocycles. The van der Waals surface area contributed by atoms with E-state index in [1.165, 1.54) is 6.08 Å². The van der Waals surface area contributed by atoms with E-state index < -0.39 is 5.97 Å². The molecule has 0 unspecified atom stereocenters. The number of ether oxygens (including phenoxy) is 1. The van der Waals surface area contributed by atoms with Crippen molar-refractivity contribution in [2.24, 2.45) is 5.92 Å². The van der Waals surface area contributed by atoms with Gasteiger partial charge >= 0.3 is 5.97 Å². The lowest BCUT2D eigenvalue weighted by Crippen LogP contribution is -2.05. The molecule has 0 aliphatic carbocycles. The van der Waals surface area contributed by atoms with E-state index in [1.54, 1.807) is 0 Å². The number of carboxylic acid groups (broad SMARTS) is 1. The normalized spacial score (nSPS) is 11.1. The number of halogens is 1. The summed E-state index contributed by atoms with van der Waals surface area (Å²) in [4.78, 5) is 10.5. The first kappa shape index (κ1) is 13.8. The lowest BCUT2D eigenvalue weighted by atomic mass is 10.2. The highest BCUT2D eigenvalue weighted by Crippen LogP contribution is 2.25. The molecule has 0 amide bonds. The van der Waals surface area contributed by atoms with Crippen molar-refractivity contribution in [2.45, 2.75) is 13.8 Å². The average molecular weight is 299 g/mol. The van der Waals surface area contributed by atoms with Gasteiger partial charge in [-0.1, -0.05) is 29.8 Å². The van der Waals surface area contributed by atoms with Gasteiger partial charge in [-0.2, -0.15) is 0 Å². The van der Waals surface area contributed by atoms with Crippen LogP contribution in [-0.2, 0) is 4.79 Å². The fraction of sp³-hybridized carbons (Fsp3) is 0.308. The third kappa shape index (κ3) is 5.04. The van der Waals surface area contributed by atoms with Gasteiger partial charge in [-0.3, -0.25) is 0 Å². The Morgan fingerprint density at radius 2 is 2.24 bits per heavy atom. The number of carboxylic acids is 1. The van der Waals surface area contributed by atoms with Gasteiger partial charge in [0.15, 0.2) is 0 Å². The number of benzene rings is 1. The summed E-state index contributed by atoms with van der Waals surface area (Å²) in [7, 11) is 0. The summed E-state index contributed by atoms with van der Waals surface area (Å²) in [6, 6.07) is 5.52. The summed E-state index contributed by atoms with van der Waals surface area (Å²) in [6.07, 6.45) is 2.63. The van der Waals surface area contributed by atoms with Crippen LogP contribution in [0.1, 0.15) is 19.4 Å². The van der Waals surface area contributed by atoms with Crippen LogP contribution in [-0.4, -0.2) is 17.7 Å². The molecule has 0 bridgehead atoms. The van der Waals surface area contributed by atoms with Crippen molar-refractivity contribution in [1.82, 2.24) is 0 Å². The molecule has 1 rings (SSSR count). The van der Waals surface area contributed by atoms with E-state index in [9.17, 15) is 4.79 Å². The van der Waals surface area contributed by atoms with Crippen LogP contribution >= 0.6 is 15.9 Å². The topological polar surface area (TPSA) is 46.5 Å². The van der Waals surface area contributed by atoms with Crippen LogP contribution in [0.5, 0.6) is 5.75 Å². The minimum Gasteiger partial charge on any atom is -0.493 e. The van der Waals surface area contributed by atoms with Crippen molar-refractivity contribution < 1.29 is 14.6 Å². The number of carbonyl (C=O) groups is 1. The van der Waals surface area contributed by atoms with Crippen molar-refractivity contribution in [3.8, 4) is 5.75 Å². The molecule has 0 fully saturated rings. The van der Waals surface area contributed by atoms with Crippen LogP contribution in [0, 0.1) is 5.92 Å². The molecule has 0 spiro atoms. The quantitative estimate of drug-likeness (QED) is 0.845. The van der Waals surface area contributed by atoms with Crippen molar-refractivity contribution >= 4 is 28.0 Å². The van der Waals surface area contributed by atoms with E-state index in [0.717, 1.165) is 16.1 Å². The molecule has 17 heavy (non-hydrogen) atoms. The van der Waals surface area contributed by atoms with Gasteiger partial charge in [-0.15, -0.1) is 0 Å². The Labute approximate surface area is 109 Å². The Hall–Kier alpha value is -1.29. The second-order valence-electron chi connectivity index (χ2n) is 4.06. The molecule has 0 saturated heterocycles. The molecule has 0 aliphatic rings. The first-order valence-electron chi connectivity index (χ1n) is 5.32. The molecule has 1 aromatic rings. The zero-order chi connectivity index (χ0) is 12.8. The predicted molar refractivity (Wildman–Crippen MR) is 71.1 cm³/mol. The molecular weight excluding hydrogens is 284 g/mol. The highest BCUT2D eigenvalue weighted by molar-refractivity contribution is 9.10. The Bertz CT molecular complexity index is 425. The Balaban J connectivity index is 2.91. The minimum atomic E-state index is -0.972. The van der Waals surface area contributed by atoms with Gasteiger partial charge in [0.05, 0.1) is 6.61 Å². The molecule has 0 heterocycles. The lowest BCUT2D eigenvalue weighted by molar-refractivity contribution is -0.131. The van der Waals surface area contributed by atoms with Gasteiger partial charge in [0.1, 0.15) is 5.75 Å². The number of rotatable bonds is 5. The van der Waals surface area contributed by atoms with E-state index in [1.807, 2.05) is 18.2 Å². The van der Waals surface area contributed by atoms with Crippen LogP contribution in [0.15, 0.2) is 28.7 Å². The lowest BCUT2D eigenvalue weighted by Gasteiger charge is -2.11. The average Bonchev–Trinajstić information content (AvgIpc) is 2.24. The highest BCUT2D eigenvalue weighted by atomic mass is 79.9. The molecule has 0 aliphatic heterocycles. The maximum Gasteiger partial charge on any atom is 0.328 e. The molecule has 0 radical (unpaired) electrons. The third-order valence-electron chi connectivity index (χ3n) is 1.95. The monoisotopic (exact) mass is 298 g/mol. The summed E-state index contributed by atoms with van der Waals surface area (Å²) in [5, 5.41) is 8.61. The summed E-state index contributed by atoms with van der Waals surface area (Å²) in [6.45, 7) is 4.73. The van der Waals surface area contributed by atoms with E-state index in [-0.39, 0.29) is 0 Å². The summed E-state index contributed by atoms with van der Waals surface area (Å²) in [5.41, 5.74) is 0.752. The predicted octanol–water partition coefficient (Wildman–Crippen LogP) is 3.58. The SMILES string of the molecule is CC(C)COc1ccc(Br)cc1/C=C/C(=O)O. The zero-order valence-corrected chi connectivity index (χ0v) is 11.4. The molecule has 92 valence electrons. The first-order chi connectivity index (χ1) is 7.99. The van der Waals surface area contributed by atoms with Crippen molar-refractivity contribution in [2.75, 3.05) is 6.61 Å². The van der Waals surface area contributed by atoms with Gasteiger partial charge in [0.25, 0.3) is 0 Å². The van der Waals surface area contributed by atoms with E-state index >= 15 is 0 Å². The summed E-state index contributed by atoms with van der Waals surface area (Å²) < 4.78 is 6.51. The van der Waals surface area contributed by atoms with Crippen molar-refractivity contribution in [3.05, 3.63) is 34.3 Å². The molecule has 3 nitrogen and oxygen atoms in total. The van der Waals surface area contributed by atoms with Crippen LogP contribution < -0.4 is 4.74 Å². The second kappa shape index (κ2) is 6.45. The standard InChI is InChI=1S/C13H15BrO3/c1-9(2)8-17-12-5-4-11(14)7-10(12)3-6-13(15)16/h3-7,9H,8H2,1-2H3,(H,15,16)/b6-3+. The van der Waals surface area contributed by atoms with Crippen LogP contribution in [0.4, 0.5) is 0 Å². The second-order valence-corrected chi connectivity index (χ2v) is 4.97. The van der Waals surface area contributed by atoms with Gasteiger partial charge in [0, 0.05) is 16.1 Å². The fourth-order valence-electron chi connectivity index (χ4n) is 1.20. The van der Waals surface area contributed by atoms with Gasteiger partial charge in [0.2, 0.25) is 0 Å². The van der Waals surface area contributed by atoms with Gasteiger partial charge in [-0.05, 0) is 30.2 Å². The molecule has 0 atom stereocenters. The summed E-state index contributed by atoms with van der Waals surface area (Å²) >= 11 is 3.35. The zero-order valence-electron chi connectivity index (χ0n) is 9.81. The molecular formula is C13H15BrO3. The molecule has 4 heteroatoms. The maximum absolute atomic E-state index is 10.5. The van der Waals surface area contributed by atoms with Crippen LogP contribution in [0.3, 0.4) is 0 Å². The Morgan fingerprint density at radius 3 is 2.82 bits per heavy atom. The van der Waals surface area contributed by atoms with Crippen molar-refractivity contribution in [3.63, 3.8) is 0 Å². The first-order valence-corrected chi connectivity index (χ1v) is 6.11.